The number of fused-ring (bicyclic) bond motifs is 1. The molecule has 0 radical (unpaired) electrons. The third kappa shape index (κ3) is 5.37. The minimum absolute atomic E-state index is 0.000312. The standard InChI is InChI=1S/C29H35F3O/c1-3-5-6-7-19-8-13-25(27(30)16-19)26-15-14-24(28(31)29(26)32)22-10-9-21-18-23(33-4-2)12-11-20(21)17-22/h3,5,8,13-16,20-23H,4,6-7,9-12,17-18H2,1-2H3/b5-3+. The van der Waals surface area contributed by atoms with Crippen molar-refractivity contribution in [3.63, 3.8) is 0 Å². The fourth-order valence-electron chi connectivity index (χ4n) is 5.95. The van der Waals surface area contributed by atoms with Crippen LogP contribution < -0.4 is 0 Å². The van der Waals surface area contributed by atoms with Crippen LogP contribution in [0.5, 0.6) is 0 Å². The fraction of sp³-hybridized carbons (Fsp3) is 0.517. The molecule has 2 aromatic rings. The van der Waals surface area contributed by atoms with Gasteiger partial charge in [0.2, 0.25) is 0 Å². The van der Waals surface area contributed by atoms with Gasteiger partial charge in [0.15, 0.2) is 11.6 Å². The van der Waals surface area contributed by atoms with Crippen LogP contribution in [0, 0.1) is 29.3 Å². The number of ether oxygens (including phenoxy) is 1. The third-order valence-electron chi connectivity index (χ3n) is 7.68. The maximum atomic E-state index is 15.2. The van der Waals surface area contributed by atoms with Crippen molar-refractivity contribution >= 4 is 0 Å². The van der Waals surface area contributed by atoms with E-state index in [1.807, 2.05) is 26.0 Å². The van der Waals surface area contributed by atoms with Gasteiger partial charge >= 0.3 is 0 Å². The van der Waals surface area contributed by atoms with Crippen molar-refractivity contribution in [3.05, 3.63) is 71.1 Å². The Morgan fingerprint density at radius 3 is 2.42 bits per heavy atom. The highest BCUT2D eigenvalue weighted by Gasteiger charge is 2.37. The van der Waals surface area contributed by atoms with Crippen molar-refractivity contribution < 1.29 is 17.9 Å². The second kappa shape index (κ2) is 10.9. The Balaban J connectivity index is 1.49. The Morgan fingerprint density at radius 1 is 0.909 bits per heavy atom. The maximum absolute atomic E-state index is 15.2. The first kappa shape index (κ1) is 24.1. The molecular formula is C29H35F3O. The average Bonchev–Trinajstić information content (AvgIpc) is 2.81. The lowest BCUT2D eigenvalue weighted by molar-refractivity contribution is -0.00970. The Labute approximate surface area is 196 Å². The second-order valence-electron chi connectivity index (χ2n) is 9.67. The summed E-state index contributed by atoms with van der Waals surface area (Å²) >= 11 is 0. The van der Waals surface area contributed by atoms with E-state index in [0.717, 1.165) is 57.1 Å². The molecule has 2 aliphatic carbocycles. The summed E-state index contributed by atoms with van der Waals surface area (Å²) in [4.78, 5) is 0. The number of rotatable bonds is 7. The normalized spacial score (nSPS) is 25.4. The SMILES string of the molecule is C/C=C/CCc1ccc(-c2ccc(C3CCC4CC(OCC)CCC4C3)c(F)c2F)c(F)c1. The summed E-state index contributed by atoms with van der Waals surface area (Å²) in [6.45, 7) is 4.74. The van der Waals surface area contributed by atoms with Gasteiger partial charge in [-0.3, -0.25) is 0 Å². The fourth-order valence-corrected chi connectivity index (χ4v) is 5.95. The lowest BCUT2D eigenvalue weighted by Gasteiger charge is -2.42. The number of halogens is 3. The van der Waals surface area contributed by atoms with Crippen molar-refractivity contribution in [2.45, 2.75) is 77.2 Å². The average molecular weight is 457 g/mol. The second-order valence-corrected chi connectivity index (χ2v) is 9.67. The number of benzene rings is 2. The first-order valence-corrected chi connectivity index (χ1v) is 12.5. The Kier molecular flexibility index (Phi) is 7.95. The molecule has 0 aliphatic heterocycles. The Bertz CT molecular complexity index is 983. The molecule has 33 heavy (non-hydrogen) atoms. The van der Waals surface area contributed by atoms with Gasteiger partial charge in [-0.1, -0.05) is 36.4 Å². The monoisotopic (exact) mass is 456 g/mol. The van der Waals surface area contributed by atoms with E-state index in [0.29, 0.717) is 29.9 Å². The van der Waals surface area contributed by atoms with Crippen LogP contribution in [-0.2, 0) is 11.2 Å². The highest BCUT2D eigenvalue weighted by Crippen LogP contribution is 2.47. The first-order chi connectivity index (χ1) is 16.0. The van der Waals surface area contributed by atoms with Crippen molar-refractivity contribution in [1.29, 1.82) is 0 Å². The zero-order valence-corrected chi connectivity index (χ0v) is 19.8. The van der Waals surface area contributed by atoms with Crippen LogP contribution in [0.2, 0.25) is 0 Å². The van der Waals surface area contributed by atoms with Crippen LogP contribution in [0.25, 0.3) is 11.1 Å². The zero-order valence-electron chi connectivity index (χ0n) is 19.8. The quantitative estimate of drug-likeness (QED) is 0.380. The van der Waals surface area contributed by atoms with Crippen molar-refractivity contribution in [2.24, 2.45) is 11.8 Å². The molecule has 4 unspecified atom stereocenters. The number of aryl methyl sites for hydroxylation is 1. The van der Waals surface area contributed by atoms with Crippen LogP contribution in [0.4, 0.5) is 13.2 Å². The molecule has 4 rings (SSSR count). The predicted octanol–water partition coefficient (Wildman–Crippen LogP) is 8.37. The van der Waals surface area contributed by atoms with Gasteiger partial charge in [-0.25, -0.2) is 13.2 Å². The van der Waals surface area contributed by atoms with E-state index >= 15 is 8.78 Å². The van der Waals surface area contributed by atoms with Crippen LogP contribution in [-0.4, -0.2) is 12.7 Å². The first-order valence-electron chi connectivity index (χ1n) is 12.5. The number of hydrogen-bond acceptors (Lipinski definition) is 1. The summed E-state index contributed by atoms with van der Waals surface area (Å²) in [5.74, 6) is -1.05. The molecule has 0 spiro atoms. The minimum atomic E-state index is -0.935. The molecule has 2 saturated carbocycles. The van der Waals surface area contributed by atoms with Gasteiger partial charge in [-0.05, 0) is 100 Å². The Hall–Kier alpha value is -2.07. The van der Waals surface area contributed by atoms with E-state index < -0.39 is 17.5 Å². The van der Waals surface area contributed by atoms with Gasteiger partial charge in [0.1, 0.15) is 5.82 Å². The van der Waals surface area contributed by atoms with Gasteiger partial charge in [-0.15, -0.1) is 0 Å². The van der Waals surface area contributed by atoms with Gasteiger partial charge in [0.25, 0.3) is 0 Å². The van der Waals surface area contributed by atoms with E-state index in [9.17, 15) is 4.39 Å². The number of hydrogen-bond donors (Lipinski definition) is 0. The Morgan fingerprint density at radius 2 is 1.67 bits per heavy atom. The van der Waals surface area contributed by atoms with Gasteiger partial charge in [0.05, 0.1) is 6.10 Å². The van der Waals surface area contributed by atoms with Crippen molar-refractivity contribution in [1.82, 2.24) is 0 Å². The van der Waals surface area contributed by atoms with E-state index in [1.54, 1.807) is 24.3 Å². The molecule has 0 bridgehead atoms. The zero-order chi connectivity index (χ0) is 23.4. The highest BCUT2D eigenvalue weighted by atomic mass is 19.2. The molecule has 2 aromatic carbocycles. The topological polar surface area (TPSA) is 9.23 Å². The molecule has 1 nitrogen and oxygen atoms in total. The summed E-state index contributed by atoms with van der Waals surface area (Å²) in [5.41, 5.74) is 1.41. The van der Waals surface area contributed by atoms with E-state index in [4.69, 9.17) is 4.74 Å². The molecule has 0 amide bonds. The maximum Gasteiger partial charge on any atom is 0.167 e. The smallest absolute Gasteiger partial charge is 0.167 e. The summed E-state index contributed by atoms with van der Waals surface area (Å²) in [7, 11) is 0. The molecule has 178 valence electrons. The summed E-state index contributed by atoms with van der Waals surface area (Å²) < 4.78 is 50.9. The summed E-state index contributed by atoms with van der Waals surface area (Å²) in [6, 6.07) is 8.05. The number of allylic oxidation sites excluding steroid dienone is 2. The van der Waals surface area contributed by atoms with E-state index in [2.05, 4.69) is 0 Å². The summed E-state index contributed by atoms with van der Waals surface area (Å²) in [6.07, 6.45) is 11.9. The lowest BCUT2D eigenvalue weighted by atomic mass is 9.65. The highest BCUT2D eigenvalue weighted by molar-refractivity contribution is 5.66. The molecule has 2 aliphatic rings. The van der Waals surface area contributed by atoms with Crippen molar-refractivity contribution in [2.75, 3.05) is 6.61 Å². The minimum Gasteiger partial charge on any atom is -0.378 e. The van der Waals surface area contributed by atoms with Crippen LogP contribution in [0.1, 0.15) is 75.8 Å². The molecule has 4 heteroatoms. The molecular weight excluding hydrogens is 421 g/mol. The van der Waals surface area contributed by atoms with Crippen molar-refractivity contribution in [3.8, 4) is 11.1 Å². The predicted molar refractivity (Wildman–Crippen MR) is 128 cm³/mol. The van der Waals surface area contributed by atoms with Gasteiger partial charge < -0.3 is 4.74 Å². The van der Waals surface area contributed by atoms with E-state index in [1.165, 1.54) is 6.07 Å². The molecule has 2 fully saturated rings. The van der Waals surface area contributed by atoms with Crippen LogP contribution in [0.15, 0.2) is 42.5 Å². The van der Waals surface area contributed by atoms with Crippen LogP contribution >= 0.6 is 0 Å². The third-order valence-corrected chi connectivity index (χ3v) is 7.68. The van der Waals surface area contributed by atoms with E-state index in [-0.39, 0.29) is 17.0 Å². The molecule has 4 atom stereocenters. The van der Waals surface area contributed by atoms with Gasteiger partial charge in [-0.2, -0.15) is 0 Å². The molecule has 0 heterocycles. The lowest BCUT2D eigenvalue weighted by Crippen LogP contribution is -2.34. The summed E-state index contributed by atoms with van der Waals surface area (Å²) in [5, 5.41) is 0. The molecule has 0 saturated heterocycles. The van der Waals surface area contributed by atoms with Gasteiger partial charge in [0, 0.05) is 17.7 Å². The largest absolute Gasteiger partial charge is 0.378 e. The molecule has 0 N–H and O–H groups in total. The van der Waals surface area contributed by atoms with Crippen LogP contribution in [0.3, 0.4) is 0 Å². The molecule has 0 aromatic heterocycles.